The largest absolute Gasteiger partial charge is 0.375 e. The van der Waals surface area contributed by atoms with E-state index in [2.05, 4.69) is 29.0 Å². The monoisotopic (exact) mass is 629 g/mol. The topological polar surface area (TPSA) is 55.4 Å². The molecule has 1 heterocycles. The molecule has 1 rings (SSSR count). The lowest BCUT2D eigenvalue weighted by Gasteiger charge is -2.36. The lowest BCUT2D eigenvalue weighted by atomic mass is 9.91. The van der Waals surface area contributed by atoms with E-state index < -0.39 is 55.0 Å². The Bertz CT molecular complexity index is 763. The van der Waals surface area contributed by atoms with Crippen LogP contribution < -0.4 is 5.32 Å². The first-order valence-electron chi connectivity index (χ1n) is 15.9. The molecule has 0 spiro atoms. The van der Waals surface area contributed by atoms with E-state index >= 15 is 0 Å². The van der Waals surface area contributed by atoms with Gasteiger partial charge in [-0.15, -0.1) is 0 Å². The lowest BCUT2D eigenvalue weighted by Crippen LogP contribution is -2.49. The number of piperazine rings is 1. The van der Waals surface area contributed by atoms with Gasteiger partial charge in [-0.05, 0) is 101 Å². The molecule has 0 aromatic carbocycles. The van der Waals surface area contributed by atoms with Crippen molar-refractivity contribution in [3.63, 3.8) is 0 Å². The Morgan fingerprint density at radius 2 is 1.09 bits per heavy atom. The maximum Gasteiger partial charge on any atom is 0.293 e. The molecule has 0 atom stereocenters. The van der Waals surface area contributed by atoms with E-state index in [0.29, 0.717) is 19.6 Å². The molecular weight excluding hydrogens is 566 g/mol. The van der Waals surface area contributed by atoms with Gasteiger partial charge < -0.3 is 29.2 Å². The van der Waals surface area contributed by atoms with Crippen LogP contribution in [-0.2, 0) is 18.9 Å². The third kappa shape index (κ3) is 21.7. The Balaban J connectivity index is 2.18. The van der Waals surface area contributed by atoms with E-state index in [1.807, 2.05) is 13.8 Å². The quantitative estimate of drug-likeness (QED) is 0.119. The fourth-order valence-corrected chi connectivity index (χ4v) is 4.33. The summed E-state index contributed by atoms with van der Waals surface area (Å²) in [7, 11) is 0. The fraction of sp³-hybridized carbons (Fsp3) is 1.00. The molecule has 258 valence electrons. The van der Waals surface area contributed by atoms with Gasteiger partial charge in [0.2, 0.25) is 0 Å². The molecule has 11 heteroatoms. The highest BCUT2D eigenvalue weighted by Crippen LogP contribution is 2.24. The first-order chi connectivity index (χ1) is 19.5. The van der Waals surface area contributed by atoms with E-state index in [9.17, 15) is 17.6 Å². The van der Waals surface area contributed by atoms with Crippen LogP contribution in [0.2, 0.25) is 0 Å². The summed E-state index contributed by atoms with van der Waals surface area (Å²) < 4.78 is 78.1. The third-order valence-corrected chi connectivity index (χ3v) is 7.30. The second kappa shape index (κ2) is 17.4. The van der Waals surface area contributed by atoms with E-state index in [1.54, 1.807) is 41.5 Å². The molecule has 1 fully saturated rings. The van der Waals surface area contributed by atoms with Gasteiger partial charge in [0, 0.05) is 44.9 Å². The van der Waals surface area contributed by atoms with Crippen molar-refractivity contribution in [3.05, 3.63) is 0 Å². The van der Waals surface area contributed by atoms with Crippen molar-refractivity contribution in [1.82, 2.24) is 15.1 Å². The van der Waals surface area contributed by atoms with E-state index in [-0.39, 0.29) is 5.60 Å². The fourth-order valence-electron chi connectivity index (χ4n) is 4.33. The number of alkyl halides is 4. The summed E-state index contributed by atoms with van der Waals surface area (Å²) in [5.74, 6) is -5.91. The number of ether oxygens (including phenoxy) is 4. The molecule has 43 heavy (non-hydrogen) atoms. The van der Waals surface area contributed by atoms with Gasteiger partial charge in [0.15, 0.2) is 0 Å². The number of halogens is 4. The molecule has 0 bridgehead atoms. The zero-order valence-electron chi connectivity index (χ0n) is 28.9. The van der Waals surface area contributed by atoms with Crippen LogP contribution in [0, 0.1) is 0 Å². The maximum atomic E-state index is 14.3. The minimum atomic E-state index is -2.97. The molecule has 0 saturated carbocycles. The van der Waals surface area contributed by atoms with Gasteiger partial charge in [0.25, 0.3) is 11.8 Å². The van der Waals surface area contributed by atoms with Crippen molar-refractivity contribution in [1.29, 1.82) is 0 Å². The highest BCUT2D eigenvalue weighted by atomic mass is 19.3. The SMILES string of the molecule is CC(C)(CCC(C)(C)OCCN1CCN(CCCCOCC(F)(F)COC(C)(C)C)CC1)NCC(F)(F)COC(C)(C)C. The van der Waals surface area contributed by atoms with Crippen molar-refractivity contribution in [2.45, 2.75) is 129 Å². The van der Waals surface area contributed by atoms with E-state index in [1.165, 1.54) is 0 Å². The maximum absolute atomic E-state index is 14.3. The van der Waals surface area contributed by atoms with Crippen molar-refractivity contribution >= 4 is 0 Å². The van der Waals surface area contributed by atoms with Crippen molar-refractivity contribution in [3.8, 4) is 0 Å². The zero-order chi connectivity index (χ0) is 33.0. The van der Waals surface area contributed by atoms with Crippen LogP contribution in [0.15, 0.2) is 0 Å². The average Bonchev–Trinajstić information content (AvgIpc) is 2.87. The number of nitrogens with one attached hydrogen (secondary N) is 1. The van der Waals surface area contributed by atoms with Crippen LogP contribution in [0.4, 0.5) is 17.6 Å². The summed E-state index contributed by atoms with van der Waals surface area (Å²) in [6, 6.07) is 0. The first-order valence-corrected chi connectivity index (χ1v) is 15.9. The Morgan fingerprint density at radius 3 is 1.63 bits per heavy atom. The van der Waals surface area contributed by atoms with Gasteiger partial charge in [-0.2, -0.15) is 0 Å². The van der Waals surface area contributed by atoms with Crippen LogP contribution in [0.25, 0.3) is 0 Å². The Morgan fingerprint density at radius 1 is 0.581 bits per heavy atom. The van der Waals surface area contributed by atoms with Gasteiger partial charge in [-0.3, -0.25) is 4.90 Å². The van der Waals surface area contributed by atoms with Crippen LogP contribution in [0.1, 0.15) is 94.9 Å². The zero-order valence-corrected chi connectivity index (χ0v) is 28.9. The highest BCUT2D eigenvalue weighted by molar-refractivity contribution is 4.85. The average molecular weight is 630 g/mol. The molecular formula is C32H63F4N3O4. The number of hydrogen-bond acceptors (Lipinski definition) is 7. The molecule has 1 N–H and O–H groups in total. The summed E-state index contributed by atoms with van der Waals surface area (Å²) in [6.45, 7) is 22.9. The van der Waals surface area contributed by atoms with E-state index in [0.717, 1.165) is 58.5 Å². The Kier molecular flexibility index (Phi) is 16.4. The smallest absolute Gasteiger partial charge is 0.293 e. The van der Waals surface area contributed by atoms with Crippen LogP contribution >= 0.6 is 0 Å². The summed E-state index contributed by atoms with van der Waals surface area (Å²) in [4.78, 5) is 4.80. The normalized spacial score (nSPS) is 17.2. The van der Waals surface area contributed by atoms with Crippen LogP contribution in [-0.4, -0.2) is 123 Å². The number of rotatable bonds is 21. The molecule has 0 aliphatic carbocycles. The number of hydrogen-bond donors (Lipinski definition) is 1. The molecule has 1 saturated heterocycles. The minimum absolute atomic E-state index is 0.324. The predicted molar refractivity (Wildman–Crippen MR) is 166 cm³/mol. The van der Waals surface area contributed by atoms with Gasteiger partial charge in [0.05, 0.1) is 30.0 Å². The molecule has 7 nitrogen and oxygen atoms in total. The van der Waals surface area contributed by atoms with Crippen molar-refractivity contribution < 1.29 is 36.5 Å². The van der Waals surface area contributed by atoms with Gasteiger partial charge in [-0.25, -0.2) is 17.6 Å². The second-order valence-electron chi connectivity index (χ2n) is 15.3. The van der Waals surface area contributed by atoms with Gasteiger partial charge >= 0.3 is 0 Å². The second-order valence-corrected chi connectivity index (χ2v) is 15.3. The highest BCUT2D eigenvalue weighted by Gasteiger charge is 2.35. The summed E-state index contributed by atoms with van der Waals surface area (Å²) >= 11 is 0. The summed E-state index contributed by atoms with van der Waals surface area (Å²) in [6.07, 6.45) is 3.11. The van der Waals surface area contributed by atoms with Crippen molar-refractivity contribution in [2.24, 2.45) is 0 Å². The first kappa shape index (κ1) is 40.5. The number of nitrogens with zero attached hydrogens (tertiary/aromatic N) is 2. The van der Waals surface area contributed by atoms with Gasteiger partial charge in [-0.1, -0.05) is 0 Å². The Hall–Kier alpha value is -0.560. The molecule has 1 aliphatic heterocycles. The molecule has 0 amide bonds. The summed E-state index contributed by atoms with van der Waals surface area (Å²) in [5, 5.41) is 3.02. The van der Waals surface area contributed by atoms with Crippen molar-refractivity contribution in [2.75, 3.05) is 78.8 Å². The molecule has 0 unspecified atom stereocenters. The molecule has 0 radical (unpaired) electrons. The molecule has 0 aromatic rings. The predicted octanol–water partition coefficient (Wildman–Crippen LogP) is 6.25. The van der Waals surface area contributed by atoms with Gasteiger partial charge in [0.1, 0.15) is 19.8 Å². The molecule has 0 aromatic heterocycles. The number of unbranched alkanes of at least 4 members (excludes halogenated alkanes) is 1. The molecule has 1 aliphatic rings. The lowest BCUT2D eigenvalue weighted by molar-refractivity contribution is -0.152. The van der Waals surface area contributed by atoms with Crippen LogP contribution in [0.5, 0.6) is 0 Å². The minimum Gasteiger partial charge on any atom is -0.375 e. The third-order valence-electron chi connectivity index (χ3n) is 7.30. The standard InChI is InChI=1S/C32H63F4N3O4/c1-27(2,3)42-25-31(33,34)23-37-29(7,8)13-14-30(9,10)41-22-20-39-18-16-38(17-19-39)15-11-12-21-40-24-32(35,36)26-43-28(4,5)6/h37H,11-26H2,1-10H3. The van der Waals surface area contributed by atoms with Crippen LogP contribution in [0.3, 0.4) is 0 Å². The summed E-state index contributed by atoms with van der Waals surface area (Å²) in [5.41, 5.74) is -2.01. The Labute approximate surface area is 259 Å². The van der Waals surface area contributed by atoms with E-state index in [4.69, 9.17) is 18.9 Å².